The van der Waals surface area contributed by atoms with Gasteiger partial charge in [-0.1, -0.05) is 6.92 Å². The summed E-state index contributed by atoms with van der Waals surface area (Å²) in [5, 5.41) is 0. The molecule has 29 heavy (non-hydrogen) atoms. The number of carbonyl (C=O) groups excluding carboxylic acids is 2. The van der Waals surface area contributed by atoms with E-state index in [0.29, 0.717) is 44.0 Å². The second-order valence-corrected chi connectivity index (χ2v) is 9.61. The molecule has 156 valence electrons. The minimum absolute atomic E-state index is 0.0246. The molecule has 1 amide bonds. The minimum atomic E-state index is -0.594. The first-order valence-electron chi connectivity index (χ1n) is 10.7. The van der Waals surface area contributed by atoms with Crippen LogP contribution in [0.15, 0.2) is 18.3 Å². The number of anilines is 1. The van der Waals surface area contributed by atoms with Gasteiger partial charge in [-0.3, -0.25) is 9.59 Å². The molecule has 7 nitrogen and oxygen atoms in total. The standard InChI is InChI=1S/C22H29N3O4/c1-4-28-19(27)21-11-20(3,12-21)29-22(21)13-25(14-22)18(26)16-5-7-23-17(9-16)24-8-6-15(2)10-24/h5,7,9,15H,4,6,8,10-14H2,1-3H3. The van der Waals surface area contributed by atoms with Gasteiger partial charge >= 0.3 is 5.97 Å². The summed E-state index contributed by atoms with van der Waals surface area (Å²) in [6.45, 7) is 9.33. The van der Waals surface area contributed by atoms with Gasteiger partial charge < -0.3 is 19.3 Å². The summed E-state index contributed by atoms with van der Waals surface area (Å²) in [4.78, 5) is 34.3. The number of likely N-dealkylation sites (tertiary alicyclic amines) is 1. The monoisotopic (exact) mass is 399 g/mol. The lowest BCUT2D eigenvalue weighted by atomic mass is 9.54. The summed E-state index contributed by atoms with van der Waals surface area (Å²) >= 11 is 0. The van der Waals surface area contributed by atoms with Crippen molar-refractivity contribution in [2.45, 2.75) is 51.2 Å². The normalized spacial score (nSPS) is 34.1. The van der Waals surface area contributed by atoms with Crippen LogP contribution >= 0.6 is 0 Å². The highest BCUT2D eigenvalue weighted by Crippen LogP contribution is 2.69. The lowest BCUT2D eigenvalue weighted by molar-refractivity contribution is -0.175. The highest BCUT2D eigenvalue weighted by atomic mass is 16.6. The number of ether oxygens (including phenoxy) is 2. The van der Waals surface area contributed by atoms with Crippen LogP contribution in [0.25, 0.3) is 0 Å². The van der Waals surface area contributed by atoms with Gasteiger partial charge in [0.15, 0.2) is 0 Å². The Morgan fingerprint density at radius 2 is 2.10 bits per heavy atom. The average molecular weight is 399 g/mol. The van der Waals surface area contributed by atoms with E-state index in [2.05, 4.69) is 23.7 Å². The van der Waals surface area contributed by atoms with Gasteiger partial charge in [0.1, 0.15) is 16.8 Å². The van der Waals surface area contributed by atoms with Crippen LogP contribution in [0.1, 0.15) is 50.4 Å². The first-order chi connectivity index (χ1) is 13.8. The van der Waals surface area contributed by atoms with E-state index in [0.717, 1.165) is 25.3 Å². The first-order valence-corrected chi connectivity index (χ1v) is 10.7. The maximum absolute atomic E-state index is 13.1. The van der Waals surface area contributed by atoms with Crippen LogP contribution in [0, 0.1) is 11.3 Å². The van der Waals surface area contributed by atoms with Gasteiger partial charge in [-0.15, -0.1) is 0 Å². The molecule has 7 heteroatoms. The van der Waals surface area contributed by atoms with Gasteiger partial charge in [0, 0.05) is 24.8 Å². The number of hydrogen-bond donors (Lipinski definition) is 0. The molecule has 1 unspecified atom stereocenters. The molecule has 0 radical (unpaired) electrons. The molecule has 1 aliphatic carbocycles. The zero-order chi connectivity index (χ0) is 20.4. The van der Waals surface area contributed by atoms with Crippen molar-refractivity contribution in [2.24, 2.45) is 11.3 Å². The SMILES string of the molecule is CCOC(=O)C12CC(C)(C1)OC21CN(C(=O)c2ccnc(N3CCC(C)C3)c2)C1. The summed E-state index contributed by atoms with van der Waals surface area (Å²) in [5.74, 6) is 1.32. The fraction of sp³-hybridized carbons (Fsp3) is 0.682. The predicted octanol–water partition coefficient (Wildman–Crippen LogP) is 2.25. The molecule has 5 heterocycles. The van der Waals surface area contributed by atoms with Gasteiger partial charge in [0.05, 0.1) is 25.3 Å². The Bertz CT molecular complexity index is 857. The van der Waals surface area contributed by atoms with Crippen LogP contribution in [0.4, 0.5) is 5.82 Å². The third-order valence-electron chi connectivity index (χ3n) is 7.25. The van der Waals surface area contributed by atoms with Crippen molar-refractivity contribution in [3.63, 3.8) is 0 Å². The van der Waals surface area contributed by atoms with E-state index < -0.39 is 11.0 Å². The van der Waals surface area contributed by atoms with E-state index in [1.807, 2.05) is 13.0 Å². The molecule has 1 aromatic rings. The first kappa shape index (κ1) is 18.9. The molecule has 1 saturated carbocycles. The molecular formula is C22H29N3O4. The molecule has 2 bridgehead atoms. The summed E-state index contributed by atoms with van der Waals surface area (Å²) < 4.78 is 11.7. The van der Waals surface area contributed by atoms with Crippen molar-refractivity contribution < 1.29 is 19.1 Å². The molecule has 0 N–H and O–H groups in total. The summed E-state index contributed by atoms with van der Waals surface area (Å²) in [5.41, 5.74) is -0.808. The third kappa shape index (κ3) is 2.62. The van der Waals surface area contributed by atoms with Crippen LogP contribution in [0.5, 0.6) is 0 Å². The quantitative estimate of drug-likeness (QED) is 0.723. The van der Waals surface area contributed by atoms with Crippen molar-refractivity contribution >= 4 is 17.7 Å². The molecular weight excluding hydrogens is 370 g/mol. The zero-order valence-corrected chi connectivity index (χ0v) is 17.4. The molecule has 4 saturated heterocycles. The minimum Gasteiger partial charge on any atom is -0.465 e. The Morgan fingerprint density at radius 1 is 1.34 bits per heavy atom. The number of amides is 1. The van der Waals surface area contributed by atoms with Crippen molar-refractivity contribution in [1.82, 2.24) is 9.88 Å². The highest BCUT2D eigenvalue weighted by Gasteiger charge is 2.80. The van der Waals surface area contributed by atoms with Crippen LogP contribution in [0.2, 0.25) is 0 Å². The molecule has 6 rings (SSSR count). The van der Waals surface area contributed by atoms with Crippen molar-refractivity contribution in [2.75, 3.05) is 37.7 Å². The molecule has 1 aromatic heterocycles. The number of nitrogens with zero attached hydrogens (tertiary/aromatic N) is 3. The van der Waals surface area contributed by atoms with Crippen LogP contribution in [-0.4, -0.2) is 65.7 Å². The van der Waals surface area contributed by atoms with Crippen LogP contribution < -0.4 is 4.90 Å². The second-order valence-electron chi connectivity index (χ2n) is 9.61. The summed E-state index contributed by atoms with van der Waals surface area (Å²) in [6.07, 6.45) is 4.24. The fourth-order valence-electron chi connectivity index (χ4n) is 5.92. The van der Waals surface area contributed by atoms with Crippen molar-refractivity contribution in [1.29, 1.82) is 0 Å². The Morgan fingerprint density at radius 3 is 2.76 bits per heavy atom. The van der Waals surface area contributed by atoms with Gasteiger partial charge in [-0.25, -0.2) is 4.98 Å². The summed E-state index contributed by atoms with van der Waals surface area (Å²) in [7, 11) is 0. The maximum Gasteiger partial charge on any atom is 0.315 e. The molecule has 1 atom stereocenters. The Hall–Kier alpha value is -2.15. The molecule has 0 aromatic carbocycles. The second kappa shape index (κ2) is 6.17. The Kier molecular flexibility index (Phi) is 4.01. The topological polar surface area (TPSA) is 72.0 Å². The molecule has 1 spiro atoms. The van der Waals surface area contributed by atoms with Crippen LogP contribution in [-0.2, 0) is 14.3 Å². The average Bonchev–Trinajstić information content (AvgIpc) is 3.27. The van der Waals surface area contributed by atoms with E-state index in [1.54, 1.807) is 17.2 Å². The number of hydrogen-bond acceptors (Lipinski definition) is 6. The van der Waals surface area contributed by atoms with E-state index in [-0.39, 0.29) is 17.5 Å². The number of rotatable bonds is 4. The zero-order valence-electron chi connectivity index (χ0n) is 17.4. The number of aromatic nitrogens is 1. The van der Waals surface area contributed by atoms with Crippen molar-refractivity contribution in [3.05, 3.63) is 23.9 Å². The number of pyridine rings is 1. The predicted molar refractivity (Wildman–Crippen MR) is 107 cm³/mol. The number of esters is 1. The molecule has 5 fully saturated rings. The van der Waals surface area contributed by atoms with E-state index in [1.165, 1.54) is 0 Å². The van der Waals surface area contributed by atoms with Crippen molar-refractivity contribution in [3.8, 4) is 0 Å². The Balaban J connectivity index is 1.31. The third-order valence-corrected chi connectivity index (χ3v) is 7.25. The fourth-order valence-corrected chi connectivity index (χ4v) is 5.92. The van der Waals surface area contributed by atoms with Gasteiger partial charge in [0.25, 0.3) is 5.91 Å². The largest absolute Gasteiger partial charge is 0.465 e. The Labute approximate surface area is 171 Å². The smallest absolute Gasteiger partial charge is 0.315 e. The summed E-state index contributed by atoms with van der Waals surface area (Å²) in [6, 6.07) is 3.66. The molecule has 4 aliphatic heterocycles. The van der Waals surface area contributed by atoms with Gasteiger partial charge in [0.2, 0.25) is 0 Å². The number of carbonyl (C=O) groups is 2. The van der Waals surface area contributed by atoms with Crippen LogP contribution in [0.3, 0.4) is 0 Å². The molecule has 5 aliphatic rings. The lowest BCUT2D eigenvalue weighted by Gasteiger charge is -2.53. The van der Waals surface area contributed by atoms with E-state index in [9.17, 15) is 9.59 Å². The highest BCUT2D eigenvalue weighted by molar-refractivity contribution is 5.96. The van der Waals surface area contributed by atoms with Gasteiger partial charge in [-0.2, -0.15) is 0 Å². The van der Waals surface area contributed by atoms with E-state index in [4.69, 9.17) is 9.47 Å². The van der Waals surface area contributed by atoms with Gasteiger partial charge in [-0.05, 0) is 51.2 Å². The van der Waals surface area contributed by atoms with E-state index >= 15 is 0 Å². The lowest BCUT2D eigenvalue weighted by Crippen LogP contribution is -2.71. The maximum atomic E-state index is 13.1.